The Morgan fingerprint density at radius 2 is 2.10 bits per heavy atom. The largest absolute Gasteiger partial charge is 0.338 e. The first kappa shape index (κ1) is 16.3. The van der Waals surface area contributed by atoms with E-state index in [2.05, 4.69) is 0 Å². The summed E-state index contributed by atoms with van der Waals surface area (Å²) in [6, 6.07) is 4.89. The van der Waals surface area contributed by atoms with Gasteiger partial charge in [0.25, 0.3) is 0 Å². The first-order chi connectivity index (χ1) is 9.80. The summed E-state index contributed by atoms with van der Waals surface area (Å²) in [6.45, 7) is 0. The zero-order valence-corrected chi connectivity index (χ0v) is 13.7. The van der Waals surface area contributed by atoms with Crippen molar-refractivity contribution in [3.05, 3.63) is 39.9 Å². The highest BCUT2D eigenvalue weighted by Gasteiger charge is 2.32. The third-order valence-corrected chi connectivity index (χ3v) is 6.07. The van der Waals surface area contributed by atoms with Crippen molar-refractivity contribution in [1.29, 1.82) is 0 Å². The monoisotopic (exact) mass is 347 g/mol. The van der Waals surface area contributed by atoms with Crippen molar-refractivity contribution < 1.29 is 13.2 Å². The van der Waals surface area contributed by atoms with Gasteiger partial charge in [0.15, 0.2) is 9.84 Å². The maximum absolute atomic E-state index is 12.1. The van der Waals surface area contributed by atoms with Gasteiger partial charge < -0.3 is 4.90 Å². The fraction of sp³-hybridized carbons (Fsp3) is 0.357. The zero-order valence-electron chi connectivity index (χ0n) is 11.4. The predicted molar refractivity (Wildman–Crippen MR) is 85.3 cm³/mol. The predicted octanol–water partition coefficient (Wildman–Crippen LogP) is 2.65. The van der Waals surface area contributed by atoms with E-state index in [-0.39, 0.29) is 23.5 Å². The van der Waals surface area contributed by atoms with Gasteiger partial charge in [-0.2, -0.15) is 0 Å². The second kappa shape index (κ2) is 6.38. The molecule has 114 valence electrons. The molecule has 2 rings (SSSR count). The summed E-state index contributed by atoms with van der Waals surface area (Å²) in [5.41, 5.74) is 0.643. The average Bonchev–Trinajstić information content (AvgIpc) is 2.79. The van der Waals surface area contributed by atoms with Crippen LogP contribution < -0.4 is 0 Å². The fourth-order valence-electron chi connectivity index (χ4n) is 2.19. The molecule has 1 saturated heterocycles. The average molecular weight is 348 g/mol. The van der Waals surface area contributed by atoms with E-state index in [1.165, 1.54) is 11.0 Å². The molecule has 1 aromatic rings. The van der Waals surface area contributed by atoms with Crippen molar-refractivity contribution in [2.45, 2.75) is 12.5 Å². The van der Waals surface area contributed by atoms with E-state index in [4.69, 9.17) is 23.2 Å². The SMILES string of the molecule is CN(C(=O)/C=C/c1cccc(Cl)c1Cl)C1CCS(=O)(=O)C1. The molecule has 1 atom stereocenters. The molecule has 4 nitrogen and oxygen atoms in total. The Balaban J connectivity index is 2.07. The molecule has 1 aliphatic rings. The lowest BCUT2D eigenvalue weighted by Crippen LogP contribution is -2.36. The van der Waals surface area contributed by atoms with Crippen molar-refractivity contribution >= 4 is 45.0 Å². The summed E-state index contributed by atoms with van der Waals surface area (Å²) in [5, 5.41) is 0.802. The van der Waals surface area contributed by atoms with Gasteiger partial charge in [0.1, 0.15) is 0 Å². The van der Waals surface area contributed by atoms with Crippen molar-refractivity contribution in [1.82, 2.24) is 4.90 Å². The topological polar surface area (TPSA) is 54.5 Å². The number of nitrogens with zero attached hydrogens (tertiary/aromatic N) is 1. The summed E-state index contributed by atoms with van der Waals surface area (Å²) < 4.78 is 22.9. The summed E-state index contributed by atoms with van der Waals surface area (Å²) in [6.07, 6.45) is 3.44. The van der Waals surface area contributed by atoms with Crippen LogP contribution in [0.15, 0.2) is 24.3 Å². The van der Waals surface area contributed by atoms with Gasteiger partial charge in [-0.3, -0.25) is 4.79 Å². The second-order valence-electron chi connectivity index (χ2n) is 4.98. The van der Waals surface area contributed by atoms with Crippen molar-refractivity contribution in [2.24, 2.45) is 0 Å². The molecule has 0 radical (unpaired) electrons. The van der Waals surface area contributed by atoms with Crippen molar-refractivity contribution in [3.8, 4) is 0 Å². The maximum Gasteiger partial charge on any atom is 0.246 e. The molecule has 1 aromatic carbocycles. The lowest BCUT2D eigenvalue weighted by Gasteiger charge is -2.21. The molecule has 1 amide bonds. The van der Waals surface area contributed by atoms with Crippen molar-refractivity contribution in [2.75, 3.05) is 18.6 Å². The Morgan fingerprint density at radius 1 is 1.38 bits per heavy atom. The lowest BCUT2D eigenvalue weighted by atomic mass is 10.2. The van der Waals surface area contributed by atoms with Crippen LogP contribution >= 0.6 is 23.2 Å². The molecule has 1 aliphatic heterocycles. The molecule has 0 bridgehead atoms. The quantitative estimate of drug-likeness (QED) is 0.789. The molecule has 1 fully saturated rings. The molecule has 0 aromatic heterocycles. The molecule has 1 heterocycles. The van der Waals surface area contributed by atoms with Gasteiger partial charge in [-0.05, 0) is 24.1 Å². The first-order valence-electron chi connectivity index (χ1n) is 6.39. The molecule has 21 heavy (non-hydrogen) atoms. The van der Waals surface area contributed by atoms with Crippen LogP contribution in [0.2, 0.25) is 10.0 Å². The number of hydrogen-bond acceptors (Lipinski definition) is 3. The summed E-state index contributed by atoms with van der Waals surface area (Å²) in [5.74, 6) is -0.0896. The highest BCUT2D eigenvalue weighted by atomic mass is 35.5. The van der Waals surface area contributed by atoms with E-state index < -0.39 is 9.84 Å². The number of carbonyl (C=O) groups excluding carboxylic acids is 1. The van der Waals surface area contributed by atoms with E-state index in [1.807, 2.05) is 0 Å². The number of carbonyl (C=O) groups is 1. The maximum atomic E-state index is 12.1. The number of rotatable bonds is 3. The molecular weight excluding hydrogens is 333 g/mol. The van der Waals surface area contributed by atoms with Gasteiger partial charge in [0.2, 0.25) is 5.91 Å². The second-order valence-corrected chi connectivity index (χ2v) is 8.00. The van der Waals surface area contributed by atoms with Crippen LogP contribution in [-0.2, 0) is 14.6 Å². The normalized spacial score (nSPS) is 20.8. The Morgan fingerprint density at radius 3 is 2.71 bits per heavy atom. The van der Waals surface area contributed by atoms with Gasteiger partial charge in [0.05, 0.1) is 21.6 Å². The lowest BCUT2D eigenvalue weighted by molar-refractivity contribution is -0.126. The number of halogens is 2. The minimum absolute atomic E-state index is 0.0288. The smallest absolute Gasteiger partial charge is 0.246 e. The van der Waals surface area contributed by atoms with Gasteiger partial charge in [-0.15, -0.1) is 0 Å². The van der Waals surface area contributed by atoms with Crippen LogP contribution in [-0.4, -0.2) is 43.8 Å². The fourth-order valence-corrected chi connectivity index (χ4v) is 4.33. The Hall–Kier alpha value is -1.04. The van der Waals surface area contributed by atoms with Crippen LogP contribution in [0.3, 0.4) is 0 Å². The highest BCUT2D eigenvalue weighted by Crippen LogP contribution is 2.26. The summed E-state index contributed by atoms with van der Waals surface area (Å²) in [7, 11) is -1.40. The first-order valence-corrected chi connectivity index (χ1v) is 8.97. The van der Waals surface area contributed by atoms with Crippen LogP contribution in [0.25, 0.3) is 6.08 Å². The number of benzene rings is 1. The zero-order chi connectivity index (χ0) is 15.6. The molecule has 0 N–H and O–H groups in total. The van der Waals surface area contributed by atoms with Crippen molar-refractivity contribution in [3.63, 3.8) is 0 Å². The van der Waals surface area contributed by atoms with Crippen LogP contribution in [0, 0.1) is 0 Å². The van der Waals surface area contributed by atoms with Crippen LogP contribution in [0.4, 0.5) is 0 Å². The molecule has 0 aliphatic carbocycles. The summed E-state index contributed by atoms with van der Waals surface area (Å²) in [4.78, 5) is 13.5. The van der Waals surface area contributed by atoms with Gasteiger partial charge in [0, 0.05) is 19.2 Å². The van der Waals surface area contributed by atoms with Gasteiger partial charge >= 0.3 is 0 Å². The van der Waals surface area contributed by atoms with Crippen LogP contribution in [0.1, 0.15) is 12.0 Å². The van der Waals surface area contributed by atoms with E-state index in [0.717, 1.165) is 0 Å². The third kappa shape index (κ3) is 3.99. The van der Waals surface area contributed by atoms with E-state index >= 15 is 0 Å². The summed E-state index contributed by atoms with van der Waals surface area (Å²) >= 11 is 11.9. The number of likely N-dealkylation sites (N-methyl/N-ethyl adjacent to an activating group) is 1. The number of amides is 1. The van der Waals surface area contributed by atoms with Gasteiger partial charge in [-0.1, -0.05) is 35.3 Å². The minimum atomic E-state index is -3.01. The molecule has 0 saturated carbocycles. The van der Waals surface area contributed by atoms with E-state index in [1.54, 1.807) is 31.3 Å². The van der Waals surface area contributed by atoms with Gasteiger partial charge in [-0.25, -0.2) is 8.42 Å². The molecule has 1 unspecified atom stereocenters. The number of sulfone groups is 1. The number of hydrogen-bond donors (Lipinski definition) is 0. The Labute approximate surface area is 134 Å². The Bertz CT molecular complexity index is 685. The minimum Gasteiger partial charge on any atom is -0.338 e. The Kier molecular flexibility index (Phi) is 4.96. The van der Waals surface area contributed by atoms with E-state index in [0.29, 0.717) is 22.0 Å². The van der Waals surface area contributed by atoms with E-state index in [9.17, 15) is 13.2 Å². The standard InChI is InChI=1S/C14H15Cl2NO3S/c1-17(11-7-8-21(19,20)9-11)13(18)6-5-10-3-2-4-12(15)14(10)16/h2-6,11H,7-9H2,1H3/b6-5+. The third-order valence-electron chi connectivity index (χ3n) is 3.49. The molecule has 0 spiro atoms. The molecular formula is C14H15Cl2NO3S. The highest BCUT2D eigenvalue weighted by molar-refractivity contribution is 7.91. The van der Waals surface area contributed by atoms with Crippen LogP contribution in [0.5, 0.6) is 0 Å². The molecule has 7 heteroatoms.